The average Bonchev–Trinajstić information content (AvgIpc) is 3.10. The molecule has 0 saturated carbocycles. The molecule has 1 amide bonds. The van der Waals surface area contributed by atoms with Gasteiger partial charge in [-0.15, -0.1) is 24.8 Å². The second-order valence-corrected chi connectivity index (χ2v) is 6.31. The van der Waals surface area contributed by atoms with E-state index in [1.165, 1.54) is 0 Å². The van der Waals surface area contributed by atoms with Crippen LogP contribution in [0.2, 0.25) is 0 Å². The summed E-state index contributed by atoms with van der Waals surface area (Å²) in [6.07, 6.45) is 6.53. The molecule has 0 saturated heterocycles. The molecule has 1 aromatic carbocycles. The summed E-state index contributed by atoms with van der Waals surface area (Å²) in [6.45, 7) is 2.32. The summed E-state index contributed by atoms with van der Waals surface area (Å²) in [5.74, 6) is -0.00422. The Morgan fingerprint density at radius 3 is 2.46 bits per heavy atom. The number of amides is 1. The molecule has 1 unspecified atom stereocenters. The average molecular weight is 422 g/mol. The SMILES string of the molecule is CC(N)CCC(=O)NCc1cn(-c2ccccc2)nc1-c1ccncc1.Cl.Cl. The lowest BCUT2D eigenvalue weighted by molar-refractivity contribution is -0.121. The van der Waals surface area contributed by atoms with Gasteiger partial charge < -0.3 is 11.1 Å². The number of aromatic nitrogens is 3. The standard InChI is InChI=1S/C20H23N5O.2ClH/c1-15(21)7-8-19(26)23-13-17-14-25(18-5-3-2-4-6-18)24-20(17)16-9-11-22-12-10-16;;/h2-6,9-12,14-15H,7-8,13,21H2,1H3,(H,23,26);2*1H. The molecule has 0 aliphatic carbocycles. The number of hydrogen-bond acceptors (Lipinski definition) is 4. The van der Waals surface area contributed by atoms with Gasteiger partial charge in [0.25, 0.3) is 0 Å². The zero-order valence-corrected chi connectivity index (χ0v) is 17.2. The van der Waals surface area contributed by atoms with E-state index in [0.29, 0.717) is 19.4 Å². The quantitative estimate of drug-likeness (QED) is 0.610. The molecular weight excluding hydrogens is 397 g/mol. The third kappa shape index (κ3) is 6.34. The number of nitrogens with one attached hydrogen (secondary N) is 1. The van der Waals surface area contributed by atoms with Gasteiger partial charge in [-0.3, -0.25) is 9.78 Å². The molecule has 6 nitrogen and oxygen atoms in total. The Morgan fingerprint density at radius 1 is 1.14 bits per heavy atom. The van der Waals surface area contributed by atoms with Crippen molar-refractivity contribution >= 4 is 30.7 Å². The van der Waals surface area contributed by atoms with Gasteiger partial charge in [-0.25, -0.2) is 4.68 Å². The topological polar surface area (TPSA) is 85.8 Å². The molecule has 3 aromatic rings. The van der Waals surface area contributed by atoms with Gasteiger partial charge >= 0.3 is 0 Å². The second kappa shape index (κ2) is 11.4. The van der Waals surface area contributed by atoms with E-state index in [0.717, 1.165) is 22.5 Å². The molecule has 28 heavy (non-hydrogen) atoms. The summed E-state index contributed by atoms with van der Waals surface area (Å²) in [5.41, 5.74) is 9.44. The summed E-state index contributed by atoms with van der Waals surface area (Å²) >= 11 is 0. The Bertz CT molecular complexity index is 854. The van der Waals surface area contributed by atoms with Crippen LogP contribution in [0.5, 0.6) is 0 Å². The minimum atomic E-state index is -0.00422. The van der Waals surface area contributed by atoms with Gasteiger partial charge in [-0.2, -0.15) is 5.10 Å². The molecule has 3 N–H and O–H groups in total. The largest absolute Gasteiger partial charge is 0.352 e. The van der Waals surface area contributed by atoms with Gasteiger partial charge in [-0.05, 0) is 37.6 Å². The van der Waals surface area contributed by atoms with Crippen molar-refractivity contribution in [1.29, 1.82) is 0 Å². The molecule has 0 aliphatic heterocycles. The lowest BCUT2D eigenvalue weighted by atomic mass is 10.1. The zero-order valence-electron chi connectivity index (χ0n) is 15.6. The van der Waals surface area contributed by atoms with Crippen molar-refractivity contribution in [2.45, 2.75) is 32.4 Å². The number of para-hydroxylation sites is 1. The van der Waals surface area contributed by atoms with E-state index >= 15 is 0 Å². The number of carbonyl (C=O) groups excluding carboxylic acids is 1. The van der Waals surface area contributed by atoms with Gasteiger partial charge in [0.05, 0.1) is 11.4 Å². The molecule has 2 heterocycles. The normalized spacial score (nSPS) is 11.1. The number of halogens is 2. The van der Waals surface area contributed by atoms with E-state index in [1.807, 2.05) is 60.3 Å². The first-order valence-corrected chi connectivity index (χ1v) is 8.70. The van der Waals surface area contributed by atoms with E-state index in [2.05, 4.69) is 10.3 Å². The zero-order chi connectivity index (χ0) is 18.4. The van der Waals surface area contributed by atoms with Crippen molar-refractivity contribution < 1.29 is 4.79 Å². The molecule has 3 rings (SSSR count). The van der Waals surface area contributed by atoms with E-state index in [4.69, 9.17) is 10.8 Å². The number of carbonyl (C=O) groups is 1. The predicted molar refractivity (Wildman–Crippen MR) is 116 cm³/mol. The van der Waals surface area contributed by atoms with Crippen LogP contribution in [0.4, 0.5) is 0 Å². The summed E-state index contributed by atoms with van der Waals surface area (Å²) in [4.78, 5) is 16.1. The summed E-state index contributed by atoms with van der Waals surface area (Å²) in [7, 11) is 0. The Kier molecular flexibility index (Phi) is 9.65. The van der Waals surface area contributed by atoms with Crippen molar-refractivity contribution in [3.05, 3.63) is 66.6 Å². The highest BCUT2D eigenvalue weighted by Crippen LogP contribution is 2.23. The van der Waals surface area contributed by atoms with Gasteiger partial charge in [0.2, 0.25) is 5.91 Å². The van der Waals surface area contributed by atoms with E-state index in [9.17, 15) is 4.79 Å². The summed E-state index contributed by atoms with van der Waals surface area (Å²) in [5, 5.41) is 7.69. The fourth-order valence-electron chi connectivity index (χ4n) is 2.65. The molecule has 0 bridgehead atoms. The first-order chi connectivity index (χ1) is 12.6. The molecule has 2 aromatic heterocycles. The van der Waals surface area contributed by atoms with Crippen molar-refractivity contribution in [2.24, 2.45) is 5.73 Å². The van der Waals surface area contributed by atoms with Crippen LogP contribution in [0.3, 0.4) is 0 Å². The van der Waals surface area contributed by atoms with Crippen LogP contribution >= 0.6 is 24.8 Å². The smallest absolute Gasteiger partial charge is 0.220 e. The van der Waals surface area contributed by atoms with E-state index in [1.54, 1.807) is 12.4 Å². The van der Waals surface area contributed by atoms with Gasteiger partial charge in [-0.1, -0.05) is 18.2 Å². The number of nitrogens with two attached hydrogens (primary N) is 1. The van der Waals surface area contributed by atoms with Gasteiger partial charge in [0.1, 0.15) is 0 Å². The van der Waals surface area contributed by atoms with Crippen molar-refractivity contribution in [2.75, 3.05) is 0 Å². The van der Waals surface area contributed by atoms with Crippen molar-refractivity contribution in [1.82, 2.24) is 20.1 Å². The minimum absolute atomic E-state index is 0. The van der Waals surface area contributed by atoms with Crippen LogP contribution in [0.25, 0.3) is 16.9 Å². The molecule has 0 spiro atoms. The van der Waals surface area contributed by atoms with Crippen LogP contribution in [0, 0.1) is 0 Å². The maximum atomic E-state index is 12.0. The molecule has 0 aliphatic rings. The Balaban J connectivity index is 0.00000196. The second-order valence-electron chi connectivity index (χ2n) is 6.31. The van der Waals surface area contributed by atoms with Gasteiger partial charge in [0.15, 0.2) is 0 Å². The van der Waals surface area contributed by atoms with E-state index < -0.39 is 0 Å². The lowest BCUT2D eigenvalue weighted by Crippen LogP contribution is -2.25. The minimum Gasteiger partial charge on any atom is -0.352 e. The Morgan fingerprint density at radius 2 is 1.82 bits per heavy atom. The number of pyridine rings is 1. The number of rotatable bonds is 7. The molecule has 1 atom stereocenters. The maximum absolute atomic E-state index is 12.0. The van der Waals surface area contributed by atoms with Crippen LogP contribution in [0.15, 0.2) is 61.1 Å². The molecule has 0 fully saturated rings. The van der Waals surface area contributed by atoms with E-state index in [-0.39, 0.29) is 36.8 Å². The first kappa shape index (κ1) is 23.6. The highest BCUT2D eigenvalue weighted by atomic mass is 35.5. The highest BCUT2D eigenvalue weighted by molar-refractivity contribution is 5.85. The predicted octanol–water partition coefficient (Wildman–Crippen LogP) is 3.52. The van der Waals surface area contributed by atoms with Crippen LogP contribution < -0.4 is 11.1 Å². The van der Waals surface area contributed by atoms with Gasteiger partial charge in [0, 0.05) is 48.7 Å². The fraction of sp³-hybridized carbons (Fsp3) is 0.250. The lowest BCUT2D eigenvalue weighted by Gasteiger charge is -2.07. The summed E-state index contributed by atoms with van der Waals surface area (Å²) in [6, 6.07) is 13.8. The molecule has 150 valence electrons. The summed E-state index contributed by atoms with van der Waals surface area (Å²) < 4.78 is 1.83. The van der Waals surface area contributed by atoms with Crippen LogP contribution in [-0.4, -0.2) is 26.7 Å². The number of nitrogens with zero attached hydrogens (tertiary/aromatic N) is 3. The molecular formula is C20H25Cl2N5O. The monoisotopic (exact) mass is 421 g/mol. The third-order valence-corrected chi connectivity index (χ3v) is 4.07. The van der Waals surface area contributed by atoms with Crippen molar-refractivity contribution in [3.63, 3.8) is 0 Å². The Labute approximate surface area is 177 Å². The maximum Gasteiger partial charge on any atom is 0.220 e. The Hall–Kier alpha value is -2.41. The first-order valence-electron chi connectivity index (χ1n) is 8.70. The van der Waals surface area contributed by atoms with Crippen LogP contribution in [0.1, 0.15) is 25.3 Å². The fourth-order valence-corrected chi connectivity index (χ4v) is 2.65. The third-order valence-electron chi connectivity index (χ3n) is 4.07. The number of benzene rings is 1. The highest BCUT2D eigenvalue weighted by Gasteiger charge is 2.13. The van der Waals surface area contributed by atoms with Crippen LogP contribution in [-0.2, 0) is 11.3 Å². The van der Waals surface area contributed by atoms with Crippen molar-refractivity contribution in [3.8, 4) is 16.9 Å². The molecule has 8 heteroatoms. The molecule has 0 radical (unpaired) electrons. The number of hydrogen-bond donors (Lipinski definition) is 2.